The fourth-order valence-corrected chi connectivity index (χ4v) is 9.15. The van der Waals surface area contributed by atoms with Gasteiger partial charge in [-0.2, -0.15) is 21.5 Å². The molecule has 0 saturated carbocycles. The van der Waals surface area contributed by atoms with Crippen molar-refractivity contribution in [3.05, 3.63) is 163 Å². The molecular formula is C48H47BrN6O6S. The number of carbonyl (C=O) groups excluding carboxylic acids is 2. The van der Waals surface area contributed by atoms with Crippen molar-refractivity contribution in [2.45, 2.75) is 50.6 Å². The summed E-state index contributed by atoms with van der Waals surface area (Å²) < 4.78 is 12.2. The number of nitrogens with one attached hydrogen (secondary N) is 2. The van der Waals surface area contributed by atoms with Gasteiger partial charge in [-0.1, -0.05) is 92.2 Å². The minimum atomic E-state index is -0.597. The molecule has 2 atom stereocenters. The number of rotatable bonds is 11. The number of halogens is 1. The zero-order valence-corrected chi connectivity index (χ0v) is 37.5. The van der Waals surface area contributed by atoms with Gasteiger partial charge < -0.3 is 19.7 Å². The Kier molecular flexibility index (Phi) is 11.7. The van der Waals surface area contributed by atoms with Crippen LogP contribution in [0.15, 0.2) is 118 Å². The van der Waals surface area contributed by atoms with Gasteiger partial charge in [-0.3, -0.25) is 29.6 Å². The van der Waals surface area contributed by atoms with Gasteiger partial charge in [0.1, 0.15) is 11.5 Å². The molecule has 2 amide bonds. The Hall–Kier alpha value is -6.06. The first kappa shape index (κ1) is 42.6. The summed E-state index contributed by atoms with van der Waals surface area (Å²) in [5.74, 6) is 1.01. The van der Waals surface area contributed by atoms with Crippen molar-refractivity contribution in [2.75, 3.05) is 37.2 Å². The molecule has 12 nitrogen and oxygen atoms in total. The zero-order chi connectivity index (χ0) is 43.9. The Morgan fingerprint density at radius 3 is 1.48 bits per heavy atom. The van der Waals surface area contributed by atoms with Crippen LogP contribution in [0, 0.1) is 0 Å². The number of anilines is 2. The molecule has 2 unspecified atom stereocenters. The molecule has 4 N–H and O–H groups in total. The molecular weight excluding hydrogens is 869 g/mol. The summed E-state index contributed by atoms with van der Waals surface area (Å²) in [6.07, 6.45) is 0. The predicted octanol–water partition coefficient (Wildman–Crippen LogP) is 9.37. The highest BCUT2D eigenvalue weighted by Gasteiger charge is 2.48. The Labute approximate surface area is 372 Å². The topological polar surface area (TPSA) is 157 Å². The number of carbonyl (C=O) groups is 2. The molecule has 0 radical (unpaired) electrons. The second-order valence-corrected chi connectivity index (χ2v) is 18.2. The molecule has 0 spiro atoms. The van der Waals surface area contributed by atoms with E-state index in [0.717, 1.165) is 60.6 Å². The van der Waals surface area contributed by atoms with Gasteiger partial charge in [-0.05, 0) is 76.5 Å². The van der Waals surface area contributed by atoms with E-state index in [1.54, 1.807) is 35.4 Å². The number of amides is 2. The number of aromatic nitrogens is 4. The number of benzene rings is 4. The SMILES string of the molecule is COc1ccccc1C1c2c(n[nH]c2C(C)(C)CO)C(=O)N1c1ccc(-c2ccsc2)cc1.COc1ccccc1C1c2c(n[nH]c2C(C)(C)CO)C(=O)N1c1ccc(Br)cc1. The van der Waals surface area contributed by atoms with Gasteiger partial charge in [-0.15, -0.1) is 0 Å². The van der Waals surface area contributed by atoms with E-state index < -0.39 is 22.9 Å². The molecule has 9 rings (SSSR count). The van der Waals surface area contributed by atoms with E-state index in [9.17, 15) is 19.8 Å². The first-order chi connectivity index (χ1) is 29.8. The lowest BCUT2D eigenvalue weighted by Gasteiger charge is -2.30. The maximum Gasteiger partial charge on any atom is 0.280 e. The van der Waals surface area contributed by atoms with Gasteiger partial charge in [0.2, 0.25) is 0 Å². The van der Waals surface area contributed by atoms with Crippen molar-refractivity contribution in [3.8, 4) is 22.6 Å². The molecule has 0 saturated heterocycles. The zero-order valence-electron chi connectivity index (χ0n) is 35.1. The number of aliphatic hydroxyl groups is 2. The van der Waals surface area contributed by atoms with Crippen LogP contribution >= 0.6 is 27.3 Å². The Balaban J connectivity index is 0.000000172. The first-order valence-corrected chi connectivity index (χ1v) is 21.8. The van der Waals surface area contributed by atoms with Gasteiger partial charge in [0, 0.05) is 60.3 Å². The second kappa shape index (κ2) is 17.0. The quantitative estimate of drug-likeness (QED) is 0.100. The summed E-state index contributed by atoms with van der Waals surface area (Å²) in [7, 11) is 3.25. The van der Waals surface area contributed by atoms with Crippen LogP contribution in [0.2, 0.25) is 0 Å². The third kappa shape index (κ3) is 7.40. The summed E-state index contributed by atoms with van der Waals surface area (Å²) in [6.45, 7) is 7.56. The standard InChI is InChI=1S/C26H25N3O3S.C22H22BrN3O3/c1-26(2,15-30)24-21-22(27-28-24)25(31)29(23(21)19-6-4-5-7-20(19)32-3)18-10-8-16(9-11-18)17-12-13-33-14-17;1-22(2,12-27)20-17-18(24-25-20)21(28)26(14-10-8-13(23)9-11-14)19(17)15-6-4-5-7-16(15)29-3/h4-14,23,30H,15H2,1-3H3,(H,27,28);4-11,19,27H,12H2,1-3H3,(H,24,25). The number of methoxy groups -OCH3 is 2. The number of aromatic amines is 2. The molecule has 0 aliphatic carbocycles. The molecule has 318 valence electrons. The molecule has 2 aliphatic heterocycles. The minimum Gasteiger partial charge on any atom is -0.496 e. The first-order valence-electron chi connectivity index (χ1n) is 20.1. The number of H-pyrrole nitrogens is 2. The number of fused-ring (bicyclic) bond motifs is 2. The lowest BCUT2D eigenvalue weighted by atomic mass is 9.84. The fraction of sp³-hybridized carbons (Fsp3) is 0.250. The van der Waals surface area contributed by atoms with Crippen molar-refractivity contribution in [3.63, 3.8) is 0 Å². The van der Waals surface area contributed by atoms with Crippen LogP contribution in [0.4, 0.5) is 11.4 Å². The van der Waals surface area contributed by atoms with Crippen LogP contribution in [-0.4, -0.2) is 69.9 Å². The van der Waals surface area contributed by atoms with E-state index in [1.807, 2.05) is 130 Å². The Morgan fingerprint density at radius 1 is 0.645 bits per heavy atom. The molecule has 0 bridgehead atoms. The molecule has 3 aromatic heterocycles. The molecule has 7 aromatic rings. The Morgan fingerprint density at radius 2 is 1.08 bits per heavy atom. The van der Waals surface area contributed by atoms with Crippen LogP contribution in [-0.2, 0) is 10.8 Å². The van der Waals surface area contributed by atoms with Crippen molar-refractivity contribution in [2.24, 2.45) is 0 Å². The maximum absolute atomic E-state index is 13.7. The molecule has 5 heterocycles. The van der Waals surface area contributed by atoms with E-state index in [0.29, 0.717) is 22.9 Å². The monoisotopic (exact) mass is 914 g/mol. The maximum atomic E-state index is 13.7. The molecule has 14 heteroatoms. The number of nitrogens with zero attached hydrogens (tertiary/aromatic N) is 4. The van der Waals surface area contributed by atoms with E-state index in [-0.39, 0.29) is 25.0 Å². The highest BCUT2D eigenvalue weighted by Crippen LogP contribution is 2.49. The van der Waals surface area contributed by atoms with E-state index in [1.165, 1.54) is 0 Å². The minimum absolute atomic E-state index is 0.0766. The highest BCUT2D eigenvalue weighted by molar-refractivity contribution is 9.10. The average molecular weight is 916 g/mol. The normalized spacial score (nSPS) is 16.0. The summed E-state index contributed by atoms with van der Waals surface area (Å²) in [6, 6.07) is 32.2. The number of thiophene rings is 1. The van der Waals surface area contributed by atoms with E-state index in [2.05, 4.69) is 47.8 Å². The molecule has 62 heavy (non-hydrogen) atoms. The summed E-state index contributed by atoms with van der Waals surface area (Å²) in [4.78, 5) is 30.6. The van der Waals surface area contributed by atoms with Gasteiger partial charge in [0.15, 0.2) is 11.4 Å². The predicted molar refractivity (Wildman–Crippen MR) is 245 cm³/mol. The Bertz CT molecular complexity index is 2730. The summed E-state index contributed by atoms with van der Waals surface area (Å²) in [5, 5.41) is 38.9. The van der Waals surface area contributed by atoms with E-state index >= 15 is 0 Å². The van der Waals surface area contributed by atoms with Gasteiger partial charge in [0.05, 0.1) is 39.5 Å². The number of hydrogen-bond donors (Lipinski definition) is 4. The second-order valence-electron chi connectivity index (χ2n) is 16.5. The molecule has 0 fully saturated rings. The smallest absolute Gasteiger partial charge is 0.280 e. The van der Waals surface area contributed by atoms with Crippen LogP contribution in [0.1, 0.15) is 94.4 Å². The fourth-order valence-electron chi connectivity index (χ4n) is 8.22. The number of para-hydroxylation sites is 2. The molecule has 4 aromatic carbocycles. The van der Waals surface area contributed by atoms with Crippen LogP contribution < -0.4 is 19.3 Å². The van der Waals surface area contributed by atoms with Gasteiger partial charge >= 0.3 is 0 Å². The summed E-state index contributed by atoms with van der Waals surface area (Å²) in [5.41, 5.74) is 8.16. The summed E-state index contributed by atoms with van der Waals surface area (Å²) >= 11 is 5.11. The van der Waals surface area contributed by atoms with Gasteiger partial charge in [-0.25, -0.2) is 0 Å². The molecule has 2 aliphatic rings. The number of hydrogen-bond acceptors (Lipinski definition) is 9. The third-order valence-electron chi connectivity index (χ3n) is 11.6. The van der Waals surface area contributed by atoms with Crippen molar-refractivity contribution in [1.29, 1.82) is 0 Å². The van der Waals surface area contributed by atoms with Crippen LogP contribution in [0.25, 0.3) is 11.1 Å². The lowest BCUT2D eigenvalue weighted by molar-refractivity contribution is 0.0980. The highest BCUT2D eigenvalue weighted by atomic mass is 79.9. The van der Waals surface area contributed by atoms with Crippen molar-refractivity contribution in [1.82, 2.24) is 20.4 Å². The van der Waals surface area contributed by atoms with Crippen LogP contribution in [0.5, 0.6) is 11.5 Å². The lowest BCUT2D eigenvalue weighted by Crippen LogP contribution is -2.31. The van der Waals surface area contributed by atoms with E-state index in [4.69, 9.17) is 9.47 Å². The van der Waals surface area contributed by atoms with Crippen molar-refractivity contribution >= 4 is 50.5 Å². The number of ether oxygens (including phenoxy) is 2. The average Bonchev–Trinajstić information content (AvgIpc) is 4.14. The van der Waals surface area contributed by atoms with Crippen LogP contribution in [0.3, 0.4) is 0 Å². The van der Waals surface area contributed by atoms with Gasteiger partial charge in [0.25, 0.3) is 11.8 Å². The third-order valence-corrected chi connectivity index (χ3v) is 12.8. The number of aliphatic hydroxyl groups excluding tert-OH is 2. The largest absolute Gasteiger partial charge is 0.496 e. The van der Waals surface area contributed by atoms with Crippen molar-refractivity contribution < 1.29 is 29.3 Å².